The van der Waals surface area contributed by atoms with E-state index in [1.54, 1.807) is 7.11 Å². The highest BCUT2D eigenvalue weighted by Gasteiger charge is 2.06. The van der Waals surface area contributed by atoms with Crippen LogP contribution in [0.25, 0.3) is 0 Å². The van der Waals surface area contributed by atoms with Crippen LogP contribution in [-0.4, -0.2) is 24.3 Å². The average Bonchev–Trinajstić information content (AvgIpc) is 2.34. The molecule has 0 bridgehead atoms. The first kappa shape index (κ1) is 13.5. The number of benzene rings is 1. The fourth-order valence-corrected chi connectivity index (χ4v) is 1.41. The van der Waals surface area contributed by atoms with Crippen LogP contribution >= 0.6 is 0 Å². The van der Waals surface area contributed by atoms with Crippen molar-refractivity contribution in [3.8, 4) is 5.75 Å². The Labute approximate surface area is 101 Å². The van der Waals surface area contributed by atoms with Crippen molar-refractivity contribution in [2.45, 2.75) is 32.5 Å². The number of rotatable bonds is 7. The van der Waals surface area contributed by atoms with Gasteiger partial charge in [-0.1, -0.05) is 12.1 Å². The number of ether oxygens (including phenoxy) is 2. The molecule has 1 unspecified atom stereocenters. The second-order valence-electron chi connectivity index (χ2n) is 3.91. The van der Waals surface area contributed by atoms with Crippen LogP contribution in [0.3, 0.4) is 0 Å². The molecule has 0 radical (unpaired) electrons. The number of carbonyl (C=O) groups is 1. The lowest BCUT2D eigenvalue weighted by Crippen LogP contribution is -2.10. The van der Waals surface area contributed by atoms with Crippen molar-refractivity contribution in [2.24, 2.45) is 0 Å². The third-order valence-electron chi connectivity index (χ3n) is 2.43. The highest BCUT2D eigenvalue weighted by molar-refractivity contribution is 5.66. The van der Waals surface area contributed by atoms with Gasteiger partial charge in [-0.3, -0.25) is 4.79 Å². The van der Waals surface area contributed by atoms with Crippen molar-refractivity contribution in [3.05, 3.63) is 29.8 Å². The Hall–Kier alpha value is -1.55. The maximum atomic E-state index is 10.4. The number of carboxylic acid groups (broad SMARTS) is 1. The molecule has 0 amide bonds. The largest absolute Gasteiger partial charge is 0.497 e. The third kappa shape index (κ3) is 5.36. The molecule has 94 valence electrons. The molecule has 1 aromatic carbocycles. The van der Waals surface area contributed by atoms with Crippen molar-refractivity contribution >= 4 is 5.97 Å². The summed E-state index contributed by atoms with van der Waals surface area (Å²) in [5.74, 6) is 0.00567. The molecule has 0 aliphatic rings. The van der Waals surface area contributed by atoms with Crippen LogP contribution < -0.4 is 4.74 Å². The van der Waals surface area contributed by atoms with Crippen LogP contribution in [0.1, 0.15) is 25.3 Å². The lowest BCUT2D eigenvalue weighted by Gasteiger charge is -2.12. The van der Waals surface area contributed by atoms with Crippen molar-refractivity contribution in [1.29, 1.82) is 0 Å². The maximum Gasteiger partial charge on any atom is 0.303 e. The predicted molar refractivity (Wildman–Crippen MR) is 64.1 cm³/mol. The molecule has 0 heterocycles. The Balaban J connectivity index is 2.36. The zero-order valence-electron chi connectivity index (χ0n) is 10.2. The molecule has 1 rings (SSSR count). The summed E-state index contributed by atoms with van der Waals surface area (Å²) in [5.41, 5.74) is 1.02. The van der Waals surface area contributed by atoms with E-state index in [0.717, 1.165) is 11.3 Å². The number of aliphatic carboxylic acids is 1. The molecule has 0 fully saturated rings. The van der Waals surface area contributed by atoms with E-state index >= 15 is 0 Å². The minimum Gasteiger partial charge on any atom is -0.497 e. The third-order valence-corrected chi connectivity index (χ3v) is 2.43. The molecule has 1 atom stereocenters. The summed E-state index contributed by atoms with van der Waals surface area (Å²) in [6.07, 6.45) is 0.607. The van der Waals surface area contributed by atoms with Gasteiger partial charge in [-0.15, -0.1) is 0 Å². The van der Waals surface area contributed by atoms with E-state index in [9.17, 15) is 4.79 Å². The number of hydrogen-bond donors (Lipinski definition) is 1. The second kappa shape index (κ2) is 6.91. The SMILES string of the molecule is COc1cccc(COC(C)CCC(=O)O)c1. The summed E-state index contributed by atoms with van der Waals surface area (Å²) >= 11 is 0. The zero-order valence-corrected chi connectivity index (χ0v) is 10.2. The van der Waals surface area contributed by atoms with Crippen LogP contribution in [0, 0.1) is 0 Å². The van der Waals surface area contributed by atoms with Crippen LogP contribution in [0.4, 0.5) is 0 Å². The van der Waals surface area contributed by atoms with Gasteiger partial charge >= 0.3 is 5.97 Å². The molecule has 4 nitrogen and oxygen atoms in total. The van der Waals surface area contributed by atoms with Crippen molar-refractivity contribution in [1.82, 2.24) is 0 Å². The Morgan fingerprint density at radius 2 is 2.24 bits per heavy atom. The minimum absolute atomic E-state index is 0.0581. The Bertz CT molecular complexity index is 362. The van der Waals surface area contributed by atoms with E-state index in [4.69, 9.17) is 14.6 Å². The molecule has 0 aromatic heterocycles. The quantitative estimate of drug-likeness (QED) is 0.792. The Kier molecular flexibility index (Phi) is 5.49. The van der Waals surface area contributed by atoms with Gasteiger partial charge in [0.15, 0.2) is 0 Å². The first-order valence-electron chi connectivity index (χ1n) is 5.58. The number of carboxylic acids is 1. The number of hydrogen-bond acceptors (Lipinski definition) is 3. The van der Waals surface area contributed by atoms with E-state index in [1.165, 1.54) is 0 Å². The predicted octanol–water partition coefficient (Wildman–Crippen LogP) is 2.47. The highest BCUT2D eigenvalue weighted by atomic mass is 16.5. The van der Waals surface area contributed by atoms with Gasteiger partial charge in [-0.2, -0.15) is 0 Å². The van der Waals surface area contributed by atoms with Crippen molar-refractivity contribution in [2.75, 3.05) is 7.11 Å². The molecule has 1 aromatic rings. The zero-order chi connectivity index (χ0) is 12.7. The summed E-state index contributed by atoms with van der Waals surface area (Å²) in [6, 6.07) is 7.63. The average molecular weight is 238 g/mol. The lowest BCUT2D eigenvalue weighted by molar-refractivity contribution is -0.137. The molecule has 0 aliphatic carbocycles. The normalized spacial score (nSPS) is 12.1. The van der Waals surface area contributed by atoms with E-state index in [2.05, 4.69) is 0 Å². The van der Waals surface area contributed by atoms with E-state index < -0.39 is 5.97 Å². The number of methoxy groups -OCH3 is 1. The van der Waals surface area contributed by atoms with Crippen molar-refractivity contribution < 1.29 is 19.4 Å². The van der Waals surface area contributed by atoms with Crippen LogP contribution in [0.15, 0.2) is 24.3 Å². The Morgan fingerprint density at radius 1 is 1.47 bits per heavy atom. The van der Waals surface area contributed by atoms with E-state index in [0.29, 0.717) is 13.0 Å². The van der Waals surface area contributed by atoms with Crippen LogP contribution in [-0.2, 0) is 16.1 Å². The van der Waals surface area contributed by atoms with Gasteiger partial charge in [0, 0.05) is 6.42 Å². The molecule has 0 aliphatic heterocycles. The van der Waals surface area contributed by atoms with E-state index in [1.807, 2.05) is 31.2 Å². The smallest absolute Gasteiger partial charge is 0.303 e. The second-order valence-corrected chi connectivity index (χ2v) is 3.91. The molecule has 1 N–H and O–H groups in total. The molecular formula is C13H18O4. The Morgan fingerprint density at radius 3 is 2.88 bits per heavy atom. The topological polar surface area (TPSA) is 55.8 Å². The van der Waals surface area contributed by atoms with Crippen LogP contribution in [0.2, 0.25) is 0 Å². The summed E-state index contributed by atoms with van der Waals surface area (Å²) in [4.78, 5) is 10.4. The molecule has 0 saturated carbocycles. The molecular weight excluding hydrogens is 220 g/mol. The monoisotopic (exact) mass is 238 g/mol. The summed E-state index contributed by atoms with van der Waals surface area (Å²) < 4.78 is 10.7. The van der Waals surface area contributed by atoms with Gasteiger partial charge in [0.25, 0.3) is 0 Å². The molecule has 0 spiro atoms. The van der Waals surface area contributed by atoms with Crippen molar-refractivity contribution in [3.63, 3.8) is 0 Å². The summed E-state index contributed by atoms with van der Waals surface area (Å²) in [7, 11) is 1.62. The van der Waals surface area contributed by atoms with Crippen LogP contribution in [0.5, 0.6) is 5.75 Å². The van der Waals surface area contributed by atoms with Gasteiger partial charge in [0.05, 0.1) is 19.8 Å². The van der Waals surface area contributed by atoms with Gasteiger partial charge in [-0.05, 0) is 31.0 Å². The van der Waals surface area contributed by atoms with Gasteiger partial charge in [0.1, 0.15) is 5.75 Å². The maximum absolute atomic E-state index is 10.4. The molecule has 0 saturated heterocycles. The lowest BCUT2D eigenvalue weighted by atomic mass is 10.2. The van der Waals surface area contributed by atoms with Gasteiger partial charge in [0.2, 0.25) is 0 Å². The first-order valence-corrected chi connectivity index (χ1v) is 5.58. The fraction of sp³-hybridized carbons (Fsp3) is 0.462. The summed E-state index contributed by atoms with van der Waals surface area (Å²) in [5, 5.41) is 8.54. The fourth-order valence-electron chi connectivity index (χ4n) is 1.41. The molecule has 17 heavy (non-hydrogen) atoms. The minimum atomic E-state index is -0.790. The highest BCUT2D eigenvalue weighted by Crippen LogP contribution is 2.14. The molecule has 4 heteroatoms. The van der Waals surface area contributed by atoms with Gasteiger partial charge < -0.3 is 14.6 Å². The standard InChI is InChI=1S/C13H18O4/c1-10(6-7-13(14)15)17-9-11-4-3-5-12(8-11)16-2/h3-5,8,10H,6-7,9H2,1-2H3,(H,14,15). The summed E-state index contributed by atoms with van der Waals surface area (Å²) in [6.45, 7) is 2.35. The van der Waals surface area contributed by atoms with Gasteiger partial charge in [-0.25, -0.2) is 0 Å². The van der Waals surface area contributed by atoms with E-state index in [-0.39, 0.29) is 12.5 Å². The first-order chi connectivity index (χ1) is 8.11.